The molecule has 0 N–H and O–H groups in total. The van der Waals surface area contributed by atoms with Crippen LogP contribution in [0.25, 0.3) is 4.85 Å². The average Bonchev–Trinajstić information content (AvgIpc) is 2.60. The molecule has 24 heavy (non-hydrogen) atoms. The summed E-state index contributed by atoms with van der Waals surface area (Å²) in [6.45, 7) is 13.5. The zero-order valence-corrected chi connectivity index (χ0v) is 14.2. The maximum Gasteiger partial charge on any atom is 0.187 e. The van der Waals surface area contributed by atoms with E-state index in [0.29, 0.717) is 5.69 Å². The molecule has 0 aromatic heterocycles. The van der Waals surface area contributed by atoms with Crippen molar-refractivity contribution >= 4 is 22.7 Å². The van der Waals surface area contributed by atoms with Gasteiger partial charge in [0.1, 0.15) is 0 Å². The Morgan fingerprint density at radius 2 is 1.21 bits per heavy atom. The number of nitrogens with zero attached hydrogens (tertiary/aromatic N) is 2. The lowest BCUT2D eigenvalue weighted by Crippen LogP contribution is -2.10. The summed E-state index contributed by atoms with van der Waals surface area (Å²) in [7, 11) is 0. The molecule has 3 aromatic rings. The number of benzene rings is 3. The second-order valence-electron chi connectivity index (χ2n) is 6.07. The highest BCUT2D eigenvalue weighted by molar-refractivity contribution is 5.77. The summed E-state index contributed by atoms with van der Waals surface area (Å²) in [6, 6.07) is 22.7. The van der Waals surface area contributed by atoms with Crippen LogP contribution in [-0.4, -0.2) is 0 Å². The van der Waals surface area contributed by atoms with Crippen LogP contribution in [-0.2, 0) is 0 Å². The summed E-state index contributed by atoms with van der Waals surface area (Å²) in [5, 5.41) is 0. The van der Waals surface area contributed by atoms with Gasteiger partial charge in [-0.05, 0) is 68.3 Å². The summed E-state index contributed by atoms with van der Waals surface area (Å²) in [4.78, 5) is 5.71. The molecule has 0 spiro atoms. The van der Waals surface area contributed by atoms with Gasteiger partial charge in [0.05, 0.1) is 6.57 Å². The molecule has 0 radical (unpaired) electrons. The molecule has 118 valence electrons. The van der Waals surface area contributed by atoms with Crippen LogP contribution in [0, 0.1) is 27.3 Å². The van der Waals surface area contributed by atoms with Crippen molar-refractivity contribution in [3.8, 4) is 0 Å². The second-order valence-corrected chi connectivity index (χ2v) is 6.07. The van der Waals surface area contributed by atoms with Gasteiger partial charge in [-0.1, -0.05) is 35.9 Å². The van der Waals surface area contributed by atoms with E-state index in [9.17, 15) is 0 Å². The Kier molecular flexibility index (Phi) is 4.35. The first kappa shape index (κ1) is 15.8. The number of rotatable bonds is 3. The van der Waals surface area contributed by atoms with Crippen molar-refractivity contribution in [1.82, 2.24) is 0 Å². The van der Waals surface area contributed by atoms with Crippen LogP contribution in [0.5, 0.6) is 0 Å². The predicted octanol–water partition coefficient (Wildman–Crippen LogP) is 6.63. The quantitative estimate of drug-likeness (QED) is 0.492. The van der Waals surface area contributed by atoms with E-state index >= 15 is 0 Å². The van der Waals surface area contributed by atoms with E-state index in [1.807, 2.05) is 24.3 Å². The van der Waals surface area contributed by atoms with Gasteiger partial charge in [0.25, 0.3) is 0 Å². The van der Waals surface area contributed by atoms with Crippen molar-refractivity contribution in [2.75, 3.05) is 4.90 Å². The Morgan fingerprint density at radius 1 is 0.667 bits per heavy atom. The molecule has 0 unspecified atom stereocenters. The van der Waals surface area contributed by atoms with Crippen LogP contribution in [0.4, 0.5) is 22.7 Å². The second kappa shape index (κ2) is 6.60. The summed E-state index contributed by atoms with van der Waals surface area (Å²) in [5.74, 6) is 0. The molecule has 0 aliphatic heterocycles. The lowest BCUT2D eigenvalue weighted by molar-refractivity contribution is 1.25. The first-order valence-electron chi connectivity index (χ1n) is 8.00. The molecule has 0 atom stereocenters. The maximum atomic E-state index is 7.14. The molecule has 0 amide bonds. The van der Waals surface area contributed by atoms with Gasteiger partial charge in [-0.3, -0.25) is 0 Å². The zero-order valence-electron chi connectivity index (χ0n) is 14.2. The molecule has 2 nitrogen and oxygen atoms in total. The lowest BCUT2D eigenvalue weighted by Gasteiger charge is -2.26. The van der Waals surface area contributed by atoms with Gasteiger partial charge >= 0.3 is 0 Å². The lowest BCUT2D eigenvalue weighted by atomic mass is 10.1. The van der Waals surface area contributed by atoms with Crippen LogP contribution in [0.1, 0.15) is 16.7 Å². The van der Waals surface area contributed by atoms with Crippen molar-refractivity contribution in [2.24, 2.45) is 0 Å². The smallest absolute Gasteiger partial charge is 0.187 e. The van der Waals surface area contributed by atoms with E-state index in [4.69, 9.17) is 6.57 Å². The largest absolute Gasteiger partial charge is 0.311 e. The Labute approximate surface area is 143 Å². The van der Waals surface area contributed by atoms with Crippen molar-refractivity contribution in [3.05, 3.63) is 94.8 Å². The van der Waals surface area contributed by atoms with E-state index in [2.05, 4.69) is 73.0 Å². The molecule has 0 aliphatic rings. The molecule has 0 fully saturated rings. The van der Waals surface area contributed by atoms with E-state index in [0.717, 1.165) is 17.1 Å². The molecule has 0 bridgehead atoms. The standard InChI is InChI=1S/C22H20N2/c1-16-5-10-20(11-6-16)24(21-13-8-19(23-4)9-14-21)22-12-7-17(2)18(3)15-22/h5-15H,1-3H3. The highest BCUT2D eigenvalue weighted by atomic mass is 15.1. The molecule has 0 saturated heterocycles. The fraction of sp³-hybridized carbons (Fsp3) is 0.136. The molecule has 2 heteroatoms. The van der Waals surface area contributed by atoms with Gasteiger partial charge in [-0.2, -0.15) is 0 Å². The fourth-order valence-electron chi connectivity index (χ4n) is 2.68. The van der Waals surface area contributed by atoms with E-state index in [1.165, 1.54) is 16.7 Å². The molecule has 0 aliphatic carbocycles. The third kappa shape index (κ3) is 3.16. The van der Waals surface area contributed by atoms with Crippen LogP contribution >= 0.6 is 0 Å². The molecule has 3 aromatic carbocycles. The Balaban J connectivity index is 2.14. The number of hydrogen-bond donors (Lipinski definition) is 0. The summed E-state index contributed by atoms with van der Waals surface area (Å²) in [5.41, 5.74) is 7.73. The molecule has 0 heterocycles. The minimum atomic E-state index is 0.655. The Morgan fingerprint density at radius 3 is 1.75 bits per heavy atom. The zero-order chi connectivity index (χ0) is 17.1. The molecule has 0 saturated carbocycles. The van der Waals surface area contributed by atoms with Crippen LogP contribution in [0.2, 0.25) is 0 Å². The van der Waals surface area contributed by atoms with E-state index in [1.54, 1.807) is 0 Å². The van der Waals surface area contributed by atoms with E-state index in [-0.39, 0.29) is 0 Å². The predicted molar refractivity (Wildman–Crippen MR) is 102 cm³/mol. The van der Waals surface area contributed by atoms with Crippen molar-refractivity contribution in [1.29, 1.82) is 0 Å². The van der Waals surface area contributed by atoms with Gasteiger partial charge in [0.15, 0.2) is 5.69 Å². The molecule has 3 rings (SSSR count). The third-order valence-electron chi connectivity index (χ3n) is 4.28. The SMILES string of the molecule is [C-]#[N+]c1ccc(N(c2ccc(C)cc2)c2ccc(C)c(C)c2)cc1. The van der Waals surface area contributed by atoms with Gasteiger partial charge in [0.2, 0.25) is 0 Å². The topological polar surface area (TPSA) is 7.60 Å². The number of hydrogen-bond acceptors (Lipinski definition) is 1. The monoisotopic (exact) mass is 312 g/mol. The van der Waals surface area contributed by atoms with Gasteiger partial charge in [-0.15, -0.1) is 0 Å². The first-order chi connectivity index (χ1) is 11.6. The van der Waals surface area contributed by atoms with Gasteiger partial charge < -0.3 is 4.90 Å². The normalized spacial score (nSPS) is 10.2. The molecular weight excluding hydrogens is 292 g/mol. The van der Waals surface area contributed by atoms with Crippen LogP contribution in [0.15, 0.2) is 66.7 Å². The van der Waals surface area contributed by atoms with Crippen molar-refractivity contribution in [3.63, 3.8) is 0 Å². The maximum absolute atomic E-state index is 7.14. The highest BCUT2D eigenvalue weighted by Crippen LogP contribution is 2.36. The average molecular weight is 312 g/mol. The summed E-state index contributed by atoms with van der Waals surface area (Å²) in [6.07, 6.45) is 0. The van der Waals surface area contributed by atoms with Gasteiger partial charge in [-0.25, -0.2) is 4.85 Å². The van der Waals surface area contributed by atoms with E-state index < -0.39 is 0 Å². The van der Waals surface area contributed by atoms with Gasteiger partial charge in [0, 0.05) is 17.1 Å². The van der Waals surface area contributed by atoms with Crippen molar-refractivity contribution in [2.45, 2.75) is 20.8 Å². The summed E-state index contributed by atoms with van der Waals surface area (Å²) < 4.78 is 0. The summed E-state index contributed by atoms with van der Waals surface area (Å²) >= 11 is 0. The van der Waals surface area contributed by atoms with Crippen LogP contribution < -0.4 is 4.90 Å². The Hall–Kier alpha value is -3.05. The fourth-order valence-corrected chi connectivity index (χ4v) is 2.68. The first-order valence-corrected chi connectivity index (χ1v) is 8.00. The number of aryl methyl sites for hydroxylation is 3. The Bertz CT molecular complexity index is 885. The van der Waals surface area contributed by atoms with Crippen LogP contribution in [0.3, 0.4) is 0 Å². The minimum absolute atomic E-state index is 0.655. The third-order valence-corrected chi connectivity index (χ3v) is 4.28. The molecular formula is C22H20N2. The highest BCUT2D eigenvalue weighted by Gasteiger charge is 2.12. The van der Waals surface area contributed by atoms with Crippen molar-refractivity contribution < 1.29 is 0 Å². The number of anilines is 3. The minimum Gasteiger partial charge on any atom is -0.311 e.